The van der Waals surface area contributed by atoms with Gasteiger partial charge in [-0.2, -0.15) is 0 Å². The van der Waals surface area contributed by atoms with Crippen LogP contribution >= 0.6 is 0 Å². The zero-order valence-corrected chi connectivity index (χ0v) is 12.6. The Hall–Kier alpha value is -2.03. The van der Waals surface area contributed by atoms with Gasteiger partial charge in [-0.05, 0) is 47.7 Å². The fourth-order valence-electron chi connectivity index (χ4n) is 2.31. The van der Waals surface area contributed by atoms with Gasteiger partial charge in [0.1, 0.15) is 5.75 Å². The molecule has 1 aliphatic rings. The van der Waals surface area contributed by atoms with Crippen molar-refractivity contribution in [1.29, 1.82) is 0 Å². The fraction of sp³-hybridized carbons (Fsp3) is 0.389. The first-order valence-corrected chi connectivity index (χ1v) is 7.43. The van der Waals surface area contributed by atoms with Crippen LogP contribution in [0.1, 0.15) is 31.7 Å². The molecule has 0 saturated heterocycles. The lowest BCUT2D eigenvalue weighted by molar-refractivity contribution is -0.148. The Kier molecular flexibility index (Phi) is 5.20. The summed E-state index contributed by atoms with van der Waals surface area (Å²) < 4.78 is 4.52. The molecule has 0 heterocycles. The Morgan fingerprint density at radius 3 is 2.38 bits per heavy atom. The van der Waals surface area contributed by atoms with Crippen LogP contribution < -0.4 is 0 Å². The molecule has 0 spiro atoms. The Morgan fingerprint density at radius 1 is 1.19 bits per heavy atom. The van der Waals surface area contributed by atoms with E-state index in [0.717, 1.165) is 24.6 Å². The number of ether oxygens (including phenoxy) is 1. The standard InChI is InChI=1S/C12H12O.C6H10O2/c1-2-9-3-4-11-8-12(13)6-5-10(11)7-9;1-8-6(7)5-3-2-4-5/h3-8,13H,2H2,1H3;5H,2-4H2,1H3. The Morgan fingerprint density at radius 2 is 1.86 bits per heavy atom. The molecule has 0 radical (unpaired) electrons. The van der Waals surface area contributed by atoms with Gasteiger partial charge in [0.15, 0.2) is 0 Å². The number of phenolic OH excluding ortho intramolecular Hbond substituents is 1. The number of esters is 1. The number of phenols is 1. The zero-order valence-electron chi connectivity index (χ0n) is 12.6. The maximum absolute atomic E-state index is 10.6. The van der Waals surface area contributed by atoms with Gasteiger partial charge < -0.3 is 9.84 Å². The maximum atomic E-state index is 10.6. The van der Waals surface area contributed by atoms with Gasteiger partial charge in [0.25, 0.3) is 0 Å². The zero-order chi connectivity index (χ0) is 15.2. The van der Waals surface area contributed by atoms with Crippen LogP contribution in [0.5, 0.6) is 5.75 Å². The lowest BCUT2D eigenvalue weighted by Crippen LogP contribution is -2.22. The molecule has 0 unspecified atom stereocenters. The molecule has 0 atom stereocenters. The number of hydrogen-bond acceptors (Lipinski definition) is 3. The largest absolute Gasteiger partial charge is 0.508 e. The third-order valence-corrected chi connectivity index (χ3v) is 3.94. The summed E-state index contributed by atoms with van der Waals surface area (Å²) in [5.41, 5.74) is 1.33. The molecule has 3 heteroatoms. The Bertz CT molecular complexity index is 615. The van der Waals surface area contributed by atoms with E-state index in [-0.39, 0.29) is 11.9 Å². The van der Waals surface area contributed by atoms with Crippen LogP contribution in [0.3, 0.4) is 0 Å². The predicted octanol–water partition coefficient (Wildman–Crippen LogP) is 4.07. The van der Waals surface area contributed by atoms with Crippen molar-refractivity contribution in [3.63, 3.8) is 0 Å². The molecule has 21 heavy (non-hydrogen) atoms. The number of rotatable bonds is 2. The highest BCUT2D eigenvalue weighted by Gasteiger charge is 2.25. The molecule has 1 fully saturated rings. The van der Waals surface area contributed by atoms with Crippen LogP contribution in [0.25, 0.3) is 10.8 Å². The minimum atomic E-state index is -0.0312. The van der Waals surface area contributed by atoms with Crippen molar-refractivity contribution in [1.82, 2.24) is 0 Å². The van der Waals surface area contributed by atoms with Crippen molar-refractivity contribution < 1.29 is 14.6 Å². The molecular weight excluding hydrogens is 264 g/mol. The van der Waals surface area contributed by atoms with Crippen LogP contribution in [0.4, 0.5) is 0 Å². The van der Waals surface area contributed by atoms with Gasteiger partial charge in [-0.1, -0.05) is 37.6 Å². The highest BCUT2D eigenvalue weighted by atomic mass is 16.5. The lowest BCUT2D eigenvalue weighted by atomic mass is 9.86. The highest BCUT2D eigenvalue weighted by Crippen LogP contribution is 2.26. The Labute approximate surface area is 125 Å². The molecular formula is C18H22O3. The molecule has 0 aliphatic heterocycles. The third-order valence-electron chi connectivity index (χ3n) is 3.94. The molecule has 0 bridgehead atoms. The number of benzene rings is 2. The lowest BCUT2D eigenvalue weighted by Gasteiger charge is -2.21. The average Bonchev–Trinajstić information content (AvgIpc) is 2.45. The number of carbonyl (C=O) groups is 1. The van der Waals surface area contributed by atoms with Gasteiger partial charge in [-0.3, -0.25) is 4.79 Å². The van der Waals surface area contributed by atoms with Crippen molar-refractivity contribution in [3.05, 3.63) is 42.0 Å². The second kappa shape index (κ2) is 7.11. The van der Waals surface area contributed by atoms with Crippen LogP contribution in [0.15, 0.2) is 36.4 Å². The summed E-state index contributed by atoms with van der Waals surface area (Å²) in [6.45, 7) is 2.14. The van der Waals surface area contributed by atoms with E-state index in [9.17, 15) is 9.90 Å². The van der Waals surface area contributed by atoms with E-state index in [1.165, 1.54) is 24.5 Å². The van der Waals surface area contributed by atoms with E-state index in [1.807, 2.05) is 12.1 Å². The summed E-state index contributed by atoms with van der Waals surface area (Å²) >= 11 is 0. The van der Waals surface area contributed by atoms with E-state index in [4.69, 9.17) is 0 Å². The van der Waals surface area contributed by atoms with Crippen molar-refractivity contribution in [2.75, 3.05) is 7.11 Å². The number of aromatic hydroxyl groups is 1. The number of carbonyl (C=O) groups excluding carboxylic acids is 1. The summed E-state index contributed by atoms with van der Waals surface area (Å²) in [6.07, 6.45) is 4.32. The quantitative estimate of drug-likeness (QED) is 0.847. The summed E-state index contributed by atoms with van der Waals surface area (Å²) in [6, 6.07) is 11.8. The second-order valence-corrected chi connectivity index (χ2v) is 5.37. The normalized spacial score (nSPS) is 14.0. The Balaban J connectivity index is 0.000000173. The SMILES string of the molecule is CCc1ccc2cc(O)ccc2c1.COC(=O)C1CCC1. The van der Waals surface area contributed by atoms with Crippen LogP contribution in [0.2, 0.25) is 0 Å². The molecule has 3 nitrogen and oxygen atoms in total. The third kappa shape index (κ3) is 3.97. The minimum Gasteiger partial charge on any atom is -0.508 e. The summed E-state index contributed by atoms with van der Waals surface area (Å²) in [5.74, 6) is 0.535. The minimum absolute atomic E-state index is 0.0312. The van der Waals surface area contributed by atoms with Crippen molar-refractivity contribution in [3.8, 4) is 5.75 Å². The van der Waals surface area contributed by atoms with Crippen molar-refractivity contribution >= 4 is 16.7 Å². The predicted molar refractivity (Wildman–Crippen MR) is 84.3 cm³/mol. The van der Waals surface area contributed by atoms with E-state index in [0.29, 0.717) is 5.75 Å². The molecule has 1 saturated carbocycles. The van der Waals surface area contributed by atoms with Crippen molar-refractivity contribution in [2.45, 2.75) is 32.6 Å². The van der Waals surface area contributed by atoms with Gasteiger partial charge in [-0.25, -0.2) is 0 Å². The highest BCUT2D eigenvalue weighted by molar-refractivity contribution is 5.84. The molecule has 1 N–H and O–H groups in total. The van der Waals surface area contributed by atoms with Gasteiger partial charge in [0, 0.05) is 0 Å². The smallest absolute Gasteiger partial charge is 0.308 e. The topological polar surface area (TPSA) is 46.5 Å². The number of methoxy groups -OCH3 is 1. The maximum Gasteiger partial charge on any atom is 0.308 e. The van der Waals surface area contributed by atoms with E-state index >= 15 is 0 Å². The van der Waals surface area contributed by atoms with Gasteiger partial charge in [-0.15, -0.1) is 0 Å². The first kappa shape index (κ1) is 15.4. The van der Waals surface area contributed by atoms with E-state index in [2.05, 4.69) is 23.8 Å². The molecule has 0 aromatic heterocycles. The van der Waals surface area contributed by atoms with Crippen molar-refractivity contribution in [2.24, 2.45) is 5.92 Å². The molecule has 1 aliphatic carbocycles. The first-order valence-electron chi connectivity index (χ1n) is 7.43. The molecule has 2 aromatic carbocycles. The molecule has 112 valence electrons. The number of hydrogen-bond donors (Lipinski definition) is 1. The molecule has 3 rings (SSSR count). The van der Waals surface area contributed by atoms with Crippen LogP contribution in [0, 0.1) is 5.92 Å². The second-order valence-electron chi connectivity index (χ2n) is 5.37. The van der Waals surface area contributed by atoms with E-state index < -0.39 is 0 Å². The summed E-state index contributed by atoms with van der Waals surface area (Å²) in [4.78, 5) is 10.6. The van der Waals surface area contributed by atoms with Gasteiger partial charge in [0.05, 0.1) is 13.0 Å². The number of fused-ring (bicyclic) bond motifs is 1. The average molecular weight is 286 g/mol. The van der Waals surface area contributed by atoms with Gasteiger partial charge in [0.2, 0.25) is 0 Å². The number of aryl methyl sites for hydroxylation is 1. The summed E-state index contributed by atoms with van der Waals surface area (Å²) in [7, 11) is 1.45. The summed E-state index contributed by atoms with van der Waals surface area (Å²) in [5, 5.41) is 11.5. The van der Waals surface area contributed by atoms with Crippen LogP contribution in [-0.4, -0.2) is 18.2 Å². The van der Waals surface area contributed by atoms with E-state index in [1.54, 1.807) is 12.1 Å². The molecule has 0 amide bonds. The van der Waals surface area contributed by atoms with Crippen LogP contribution in [-0.2, 0) is 16.0 Å². The fourth-order valence-corrected chi connectivity index (χ4v) is 2.31. The van der Waals surface area contributed by atoms with Gasteiger partial charge >= 0.3 is 5.97 Å². The first-order chi connectivity index (χ1) is 10.1. The molecule has 2 aromatic rings. The monoisotopic (exact) mass is 286 g/mol.